The molecule has 1 saturated carbocycles. The Hall–Kier alpha value is -1.11. The SMILES string of the molecule is Cc1ccccc1CCC(=O)CC1CCCCCC1. The van der Waals surface area contributed by atoms with Crippen molar-refractivity contribution in [1.82, 2.24) is 0 Å². The fourth-order valence-corrected chi connectivity index (χ4v) is 3.16. The van der Waals surface area contributed by atoms with Crippen molar-refractivity contribution < 1.29 is 4.79 Å². The molecule has 0 N–H and O–H groups in total. The van der Waals surface area contributed by atoms with Crippen molar-refractivity contribution >= 4 is 5.78 Å². The van der Waals surface area contributed by atoms with Gasteiger partial charge in [0.2, 0.25) is 0 Å². The Kier molecular flexibility index (Phi) is 5.62. The van der Waals surface area contributed by atoms with Gasteiger partial charge in [-0.15, -0.1) is 0 Å². The number of hydrogen-bond donors (Lipinski definition) is 0. The summed E-state index contributed by atoms with van der Waals surface area (Å²) in [5.41, 5.74) is 2.64. The van der Waals surface area contributed by atoms with E-state index < -0.39 is 0 Å². The molecule has 19 heavy (non-hydrogen) atoms. The molecule has 2 rings (SSSR count). The second kappa shape index (κ2) is 7.47. The van der Waals surface area contributed by atoms with E-state index in [0.29, 0.717) is 11.7 Å². The number of aryl methyl sites for hydroxylation is 2. The van der Waals surface area contributed by atoms with Crippen LogP contribution < -0.4 is 0 Å². The molecule has 1 aliphatic rings. The monoisotopic (exact) mass is 258 g/mol. The Morgan fingerprint density at radius 2 is 1.79 bits per heavy atom. The average Bonchev–Trinajstić information content (AvgIpc) is 2.66. The van der Waals surface area contributed by atoms with Crippen LogP contribution in [0.4, 0.5) is 0 Å². The maximum Gasteiger partial charge on any atom is 0.133 e. The molecule has 1 aliphatic carbocycles. The van der Waals surface area contributed by atoms with Crippen LogP contribution in [0.2, 0.25) is 0 Å². The Labute approximate surface area is 117 Å². The molecule has 0 aliphatic heterocycles. The van der Waals surface area contributed by atoms with Crippen molar-refractivity contribution in [2.45, 2.75) is 64.7 Å². The summed E-state index contributed by atoms with van der Waals surface area (Å²) < 4.78 is 0. The highest BCUT2D eigenvalue weighted by atomic mass is 16.1. The number of Topliss-reactive ketones (excluding diaryl/α,β-unsaturated/α-hetero) is 1. The number of carbonyl (C=O) groups is 1. The van der Waals surface area contributed by atoms with E-state index in [2.05, 4.69) is 31.2 Å². The van der Waals surface area contributed by atoms with Crippen molar-refractivity contribution in [3.05, 3.63) is 35.4 Å². The highest BCUT2D eigenvalue weighted by Gasteiger charge is 2.16. The summed E-state index contributed by atoms with van der Waals surface area (Å²) in [5, 5.41) is 0. The lowest BCUT2D eigenvalue weighted by molar-refractivity contribution is -0.120. The maximum atomic E-state index is 12.1. The maximum absolute atomic E-state index is 12.1. The summed E-state index contributed by atoms with van der Waals surface area (Å²) in [5.74, 6) is 1.14. The first kappa shape index (κ1) is 14.3. The fraction of sp³-hybridized carbons (Fsp3) is 0.611. The molecule has 1 aromatic rings. The van der Waals surface area contributed by atoms with Gasteiger partial charge >= 0.3 is 0 Å². The first-order valence-corrected chi connectivity index (χ1v) is 7.82. The first-order valence-electron chi connectivity index (χ1n) is 7.82. The average molecular weight is 258 g/mol. The molecule has 0 atom stereocenters. The van der Waals surface area contributed by atoms with Gasteiger partial charge in [-0.2, -0.15) is 0 Å². The second-order valence-corrected chi connectivity index (χ2v) is 6.03. The van der Waals surface area contributed by atoms with Gasteiger partial charge in [0.15, 0.2) is 0 Å². The summed E-state index contributed by atoms with van der Waals surface area (Å²) in [4.78, 5) is 12.1. The number of carbonyl (C=O) groups excluding carboxylic acids is 1. The molecular weight excluding hydrogens is 232 g/mol. The third-order valence-corrected chi connectivity index (χ3v) is 4.43. The Morgan fingerprint density at radius 3 is 2.47 bits per heavy atom. The van der Waals surface area contributed by atoms with Gasteiger partial charge in [-0.1, -0.05) is 62.8 Å². The second-order valence-electron chi connectivity index (χ2n) is 6.03. The molecule has 0 heterocycles. The zero-order chi connectivity index (χ0) is 13.5. The zero-order valence-electron chi connectivity index (χ0n) is 12.2. The molecule has 1 heteroatoms. The molecule has 0 aromatic heterocycles. The van der Waals surface area contributed by atoms with Crippen molar-refractivity contribution in [2.75, 3.05) is 0 Å². The normalized spacial score (nSPS) is 17.1. The molecule has 104 valence electrons. The molecule has 1 nitrogen and oxygen atoms in total. The van der Waals surface area contributed by atoms with E-state index in [9.17, 15) is 4.79 Å². The smallest absolute Gasteiger partial charge is 0.133 e. The van der Waals surface area contributed by atoms with Crippen LogP contribution in [0.5, 0.6) is 0 Å². The first-order chi connectivity index (χ1) is 9.25. The molecular formula is C18H26O. The van der Waals surface area contributed by atoms with E-state index in [1.165, 1.54) is 49.7 Å². The third-order valence-electron chi connectivity index (χ3n) is 4.43. The molecule has 0 amide bonds. The van der Waals surface area contributed by atoms with Crippen LogP contribution in [-0.4, -0.2) is 5.78 Å². The van der Waals surface area contributed by atoms with E-state index in [0.717, 1.165) is 19.3 Å². The van der Waals surface area contributed by atoms with Gasteiger partial charge in [-0.05, 0) is 30.4 Å². The molecule has 0 unspecified atom stereocenters. The lowest BCUT2D eigenvalue weighted by Crippen LogP contribution is -2.09. The Morgan fingerprint density at radius 1 is 1.11 bits per heavy atom. The summed E-state index contributed by atoms with van der Waals surface area (Å²) in [6.45, 7) is 2.13. The standard InChI is InChI=1S/C18H26O/c1-15-8-6-7-11-17(15)12-13-18(19)14-16-9-4-2-3-5-10-16/h6-8,11,16H,2-5,9-10,12-14H2,1H3. The van der Waals surface area contributed by atoms with Crippen LogP contribution in [-0.2, 0) is 11.2 Å². The summed E-state index contributed by atoms with van der Waals surface area (Å²) >= 11 is 0. The van der Waals surface area contributed by atoms with Crippen molar-refractivity contribution in [1.29, 1.82) is 0 Å². The highest BCUT2D eigenvalue weighted by molar-refractivity contribution is 5.78. The van der Waals surface area contributed by atoms with Crippen LogP contribution in [0.15, 0.2) is 24.3 Å². The minimum atomic E-state index is 0.468. The van der Waals surface area contributed by atoms with Gasteiger partial charge in [0.1, 0.15) is 5.78 Å². The number of ketones is 1. The quantitative estimate of drug-likeness (QED) is 0.689. The lowest BCUT2D eigenvalue weighted by atomic mass is 9.92. The predicted molar refractivity (Wildman–Crippen MR) is 80.3 cm³/mol. The van der Waals surface area contributed by atoms with Gasteiger partial charge in [0.05, 0.1) is 0 Å². The van der Waals surface area contributed by atoms with Gasteiger partial charge in [0, 0.05) is 12.8 Å². The summed E-state index contributed by atoms with van der Waals surface area (Å²) in [7, 11) is 0. The Balaban J connectivity index is 1.76. The molecule has 0 bridgehead atoms. The van der Waals surface area contributed by atoms with Crippen molar-refractivity contribution in [2.24, 2.45) is 5.92 Å². The van der Waals surface area contributed by atoms with Gasteiger partial charge in [0.25, 0.3) is 0 Å². The lowest BCUT2D eigenvalue weighted by Gasteiger charge is -2.13. The number of benzene rings is 1. The van der Waals surface area contributed by atoms with Gasteiger partial charge in [-0.25, -0.2) is 0 Å². The van der Waals surface area contributed by atoms with E-state index in [-0.39, 0.29) is 0 Å². The summed E-state index contributed by atoms with van der Waals surface area (Å²) in [6.07, 6.45) is 10.4. The van der Waals surface area contributed by atoms with E-state index >= 15 is 0 Å². The van der Waals surface area contributed by atoms with Crippen molar-refractivity contribution in [3.8, 4) is 0 Å². The highest BCUT2D eigenvalue weighted by Crippen LogP contribution is 2.26. The predicted octanol–water partition coefficient (Wildman–Crippen LogP) is 4.86. The van der Waals surface area contributed by atoms with E-state index in [1.807, 2.05) is 0 Å². The van der Waals surface area contributed by atoms with E-state index in [4.69, 9.17) is 0 Å². The molecule has 1 fully saturated rings. The topological polar surface area (TPSA) is 17.1 Å². The zero-order valence-corrected chi connectivity index (χ0v) is 12.2. The van der Waals surface area contributed by atoms with Gasteiger partial charge in [-0.3, -0.25) is 4.79 Å². The number of hydrogen-bond acceptors (Lipinski definition) is 1. The Bertz CT molecular complexity index is 400. The van der Waals surface area contributed by atoms with Crippen LogP contribution in [0.1, 0.15) is 62.5 Å². The number of rotatable bonds is 5. The van der Waals surface area contributed by atoms with Crippen LogP contribution in [0.3, 0.4) is 0 Å². The largest absolute Gasteiger partial charge is 0.300 e. The van der Waals surface area contributed by atoms with Crippen molar-refractivity contribution in [3.63, 3.8) is 0 Å². The van der Waals surface area contributed by atoms with Crippen LogP contribution in [0.25, 0.3) is 0 Å². The molecule has 1 aromatic carbocycles. The third kappa shape index (κ3) is 4.81. The molecule has 0 spiro atoms. The fourth-order valence-electron chi connectivity index (χ4n) is 3.16. The van der Waals surface area contributed by atoms with E-state index in [1.54, 1.807) is 0 Å². The minimum Gasteiger partial charge on any atom is -0.300 e. The van der Waals surface area contributed by atoms with Gasteiger partial charge < -0.3 is 0 Å². The van der Waals surface area contributed by atoms with Crippen LogP contribution >= 0.6 is 0 Å². The minimum absolute atomic E-state index is 0.468. The molecule has 0 saturated heterocycles. The summed E-state index contributed by atoms with van der Waals surface area (Å²) in [6, 6.07) is 8.41. The van der Waals surface area contributed by atoms with Crippen LogP contribution in [0, 0.1) is 12.8 Å². The molecule has 0 radical (unpaired) electrons.